The predicted octanol–water partition coefficient (Wildman–Crippen LogP) is 4.19. The normalized spacial score (nSPS) is 17.0. The van der Waals surface area contributed by atoms with Crippen molar-refractivity contribution in [2.75, 3.05) is 19.6 Å². The fraction of sp³-hybridized carbons (Fsp3) is 0.333. The van der Waals surface area contributed by atoms with Crippen molar-refractivity contribution in [2.24, 2.45) is 0 Å². The van der Waals surface area contributed by atoms with Crippen LogP contribution in [0.25, 0.3) is 0 Å². The van der Waals surface area contributed by atoms with Crippen LogP contribution in [0, 0.1) is 0 Å². The van der Waals surface area contributed by atoms with E-state index >= 15 is 0 Å². The van der Waals surface area contributed by atoms with Crippen molar-refractivity contribution in [1.29, 1.82) is 0 Å². The molecule has 2 nitrogen and oxygen atoms in total. The summed E-state index contributed by atoms with van der Waals surface area (Å²) in [5.41, 5.74) is 1.91. The van der Waals surface area contributed by atoms with Gasteiger partial charge in [-0.2, -0.15) is 0 Å². The van der Waals surface area contributed by atoms with Crippen molar-refractivity contribution in [3.05, 3.63) is 83.9 Å². The van der Waals surface area contributed by atoms with Crippen LogP contribution in [-0.4, -0.2) is 29.6 Å². The molecule has 0 bridgehead atoms. The summed E-state index contributed by atoms with van der Waals surface area (Å²) >= 11 is 0. The van der Waals surface area contributed by atoms with E-state index in [-0.39, 0.29) is 12.4 Å². The molecular weight excluding hydrogens is 318 g/mol. The van der Waals surface area contributed by atoms with Gasteiger partial charge in [0.15, 0.2) is 0 Å². The van der Waals surface area contributed by atoms with Gasteiger partial charge in [0.2, 0.25) is 0 Å². The third-order valence-electron chi connectivity index (χ3n) is 4.75. The molecule has 0 spiro atoms. The Morgan fingerprint density at radius 3 is 2.08 bits per heavy atom. The second-order valence-corrected chi connectivity index (χ2v) is 6.48. The van der Waals surface area contributed by atoms with Gasteiger partial charge < -0.3 is 5.11 Å². The summed E-state index contributed by atoms with van der Waals surface area (Å²) in [6, 6.07) is 20.1. The molecule has 0 amide bonds. The second kappa shape index (κ2) is 8.48. The molecule has 1 N–H and O–H groups in total. The predicted molar refractivity (Wildman–Crippen MR) is 103 cm³/mol. The number of aliphatic hydroxyl groups is 1. The first-order valence-electron chi connectivity index (χ1n) is 8.41. The molecule has 1 atom stereocenters. The van der Waals surface area contributed by atoms with Crippen molar-refractivity contribution >= 4 is 12.4 Å². The molecule has 1 heterocycles. The highest BCUT2D eigenvalue weighted by Gasteiger charge is 2.33. The van der Waals surface area contributed by atoms with E-state index in [1.807, 2.05) is 48.5 Å². The second-order valence-electron chi connectivity index (χ2n) is 6.48. The molecule has 1 aliphatic heterocycles. The minimum atomic E-state index is -1.02. The van der Waals surface area contributed by atoms with E-state index in [0.29, 0.717) is 6.42 Å². The van der Waals surface area contributed by atoms with Crippen LogP contribution in [-0.2, 0) is 12.0 Å². The first kappa shape index (κ1) is 18.7. The monoisotopic (exact) mass is 343 g/mol. The molecule has 2 aromatic rings. The lowest BCUT2D eigenvalue weighted by Crippen LogP contribution is -2.36. The summed E-state index contributed by atoms with van der Waals surface area (Å²) < 4.78 is 0. The van der Waals surface area contributed by atoms with Crippen LogP contribution < -0.4 is 0 Å². The molecule has 1 saturated heterocycles. The molecular formula is C21H26ClNO. The summed E-state index contributed by atoms with van der Waals surface area (Å²) in [5.74, 6) is 0. The van der Waals surface area contributed by atoms with Gasteiger partial charge in [-0.05, 0) is 42.6 Å². The summed E-state index contributed by atoms with van der Waals surface area (Å²) in [6.07, 6.45) is 3.05. The van der Waals surface area contributed by atoms with Crippen LogP contribution in [0.1, 0.15) is 24.0 Å². The SMILES string of the molecule is C=C(CN1CCCC1)C(O)(Cc1ccccc1)c1ccccc1.Cl. The average molecular weight is 344 g/mol. The molecule has 2 aromatic carbocycles. The highest BCUT2D eigenvalue weighted by Crippen LogP contribution is 2.33. The molecule has 0 radical (unpaired) electrons. The van der Waals surface area contributed by atoms with E-state index in [2.05, 4.69) is 23.6 Å². The lowest BCUT2D eigenvalue weighted by atomic mass is 9.81. The Labute approximate surface area is 151 Å². The largest absolute Gasteiger partial charge is 0.380 e. The van der Waals surface area contributed by atoms with Crippen molar-refractivity contribution in [1.82, 2.24) is 4.90 Å². The van der Waals surface area contributed by atoms with Gasteiger partial charge in [-0.3, -0.25) is 4.90 Å². The maximum atomic E-state index is 11.5. The molecule has 1 aliphatic rings. The van der Waals surface area contributed by atoms with Crippen LogP contribution in [0.3, 0.4) is 0 Å². The van der Waals surface area contributed by atoms with Gasteiger partial charge in [0, 0.05) is 13.0 Å². The van der Waals surface area contributed by atoms with Crippen molar-refractivity contribution in [3.8, 4) is 0 Å². The van der Waals surface area contributed by atoms with Crippen LogP contribution in [0.5, 0.6) is 0 Å². The molecule has 128 valence electrons. The highest BCUT2D eigenvalue weighted by atomic mass is 35.5. The average Bonchev–Trinajstić information content (AvgIpc) is 3.09. The molecule has 3 rings (SSSR count). The van der Waals surface area contributed by atoms with Gasteiger partial charge in [0.1, 0.15) is 5.60 Å². The van der Waals surface area contributed by atoms with Crippen molar-refractivity contribution in [3.63, 3.8) is 0 Å². The summed E-state index contributed by atoms with van der Waals surface area (Å²) in [7, 11) is 0. The number of benzene rings is 2. The molecule has 1 fully saturated rings. The maximum Gasteiger partial charge on any atom is 0.116 e. The summed E-state index contributed by atoms with van der Waals surface area (Å²) in [5, 5.41) is 11.5. The minimum absolute atomic E-state index is 0. The van der Waals surface area contributed by atoms with Crippen LogP contribution >= 0.6 is 12.4 Å². The van der Waals surface area contributed by atoms with Gasteiger partial charge in [-0.15, -0.1) is 12.4 Å². The van der Waals surface area contributed by atoms with Gasteiger partial charge in [-0.1, -0.05) is 67.2 Å². The zero-order valence-corrected chi connectivity index (χ0v) is 14.8. The zero-order chi connectivity index (χ0) is 16.1. The molecule has 0 saturated carbocycles. The number of rotatable bonds is 6. The number of nitrogens with zero attached hydrogens (tertiary/aromatic N) is 1. The fourth-order valence-corrected chi connectivity index (χ4v) is 3.38. The van der Waals surface area contributed by atoms with E-state index in [1.165, 1.54) is 12.8 Å². The molecule has 1 unspecified atom stereocenters. The highest BCUT2D eigenvalue weighted by molar-refractivity contribution is 5.85. The van der Waals surface area contributed by atoms with E-state index < -0.39 is 5.60 Å². The Morgan fingerprint density at radius 1 is 0.958 bits per heavy atom. The number of likely N-dealkylation sites (tertiary alicyclic amines) is 1. The van der Waals surface area contributed by atoms with Crippen molar-refractivity contribution < 1.29 is 5.11 Å². The standard InChI is InChI=1S/C21H25NO.ClH/c1-18(17-22-14-8-9-15-22)21(23,20-12-6-3-7-13-20)16-19-10-4-2-5-11-19;/h2-7,10-13,23H,1,8-9,14-17H2;1H. The summed E-state index contributed by atoms with van der Waals surface area (Å²) in [6.45, 7) is 7.25. The lowest BCUT2D eigenvalue weighted by Gasteiger charge is -2.33. The Kier molecular flexibility index (Phi) is 6.61. The molecule has 24 heavy (non-hydrogen) atoms. The smallest absolute Gasteiger partial charge is 0.116 e. The molecule has 0 aromatic heterocycles. The van der Waals surface area contributed by atoms with Gasteiger partial charge in [-0.25, -0.2) is 0 Å². The summed E-state index contributed by atoms with van der Waals surface area (Å²) in [4.78, 5) is 2.39. The van der Waals surface area contributed by atoms with E-state index in [0.717, 1.165) is 36.3 Å². The Hall–Kier alpha value is -1.61. The van der Waals surface area contributed by atoms with Crippen molar-refractivity contribution in [2.45, 2.75) is 24.9 Å². The first-order chi connectivity index (χ1) is 11.2. The maximum absolute atomic E-state index is 11.5. The molecule has 0 aliphatic carbocycles. The van der Waals surface area contributed by atoms with Gasteiger partial charge >= 0.3 is 0 Å². The Bertz CT molecular complexity index is 637. The third-order valence-corrected chi connectivity index (χ3v) is 4.75. The third kappa shape index (κ3) is 4.27. The van der Waals surface area contributed by atoms with E-state index in [9.17, 15) is 5.11 Å². The quantitative estimate of drug-likeness (QED) is 0.795. The van der Waals surface area contributed by atoms with Gasteiger partial charge in [0.25, 0.3) is 0 Å². The zero-order valence-electron chi connectivity index (χ0n) is 14.0. The lowest BCUT2D eigenvalue weighted by molar-refractivity contribution is 0.0690. The number of hydrogen-bond donors (Lipinski definition) is 1. The van der Waals surface area contributed by atoms with Crippen LogP contribution in [0.15, 0.2) is 72.8 Å². The van der Waals surface area contributed by atoms with E-state index in [4.69, 9.17) is 0 Å². The first-order valence-corrected chi connectivity index (χ1v) is 8.41. The molecule has 3 heteroatoms. The van der Waals surface area contributed by atoms with E-state index in [1.54, 1.807) is 0 Å². The van der Waals surface area contributed by atoms with Crippen LogP contribution in [0.4, 0.5) is 0 Å². The van der Waals surface area contributed by atoms with Gasteiger partial charge in [0.05, 0.1) is 0 Å². The fourth-order valence-electron chi connectivity index (χ4n) is 3.38. The van der Waals surface area contributed by atoms with Crippen LogP contribution in [0.2, 0.25) is 0 Å². The number of halogens is 1. The number of hydrogen-bond acceptors (Lipinski definition) is 2. The Balaban J connectivity index is 0.00000208. The topological polar surface area (TPSA) is 23.5 Å². The minimum Gasteiger partial charge on any atom is -0.380 e. The Morgan fingerprint density at radius 2 is 1.50 bits per heavy atom.